The van der Waals surface area contributed by atoms with Gasteiger partial charge in [0.2, 0.25) is 0 Å². The number of aryl methyl sites for hydroxylation is 1. The molecule has 5 heteroatoms. The highest BCUT2D eigenvalue weighted by Crippen LogP contribution is 2.27. The molecule has 0 radical (unpaired) electrons. The number of rotatable bonds is 3. The molecule has 0 spiro atoms. The van der Waals surface area contributed by atoms with Crippen LogP contribution >= 0.6 is 12.4 Å². The average Bonchev–Trinajstić information content (AvgIpc) is 2.41. The first-order valence-corrected chi connectivity index (χ1v) is 6.17. The molecule has 2 nitrogen and oxygen atoms in total. The topological polar surface area (TPSA) is 15.3 Å². The summed E-state index contributed by atoms with van der Waals surface area (Å²) >= 11 is 0. The number of piperazine rings is 1. The Labute approximate surface area is 118 Å². The predicted octanol–water partition coefficient (Wildman–Crippen LogP) is 2.83. The van der Waals surface area contributed by atoms with Crippen molar-refractivity contribution in [3.8, 4) is 0 Å². The molecule has 0 amide bonds. The molecule has 1 atom stereocenters. The van der Waals surface area contributed by atoms with E-state index in [9.17, 15) is 8.78 Å². The van der Waals surface area contributed by atoms with Crippen LogP contribution in [0.25, 0.3) is 0 Å². The molecule has 0 aromatic heterocycles. The number of nitrogens with one attached hydrogen (secondary N) is 1. The predicted molar refractivity (Wildman–Crippen MR) is 75.7 cm³/mol. The standard InChI is InChI=1S/C14H18F2N2.ClH/c1-3-12(18-8-6-17-7-9-18)11-5-4-10(2)13(15)14(11)16;/h3-5,12,17H,1,6-9H2,2H3;1H/t12-;/m0./s1. The van der Waals surface area contributed by atoms with Crippen molar-refractivity contribution >= 4 is 12.4 Å². The van der Waals surface area contributed by atoms with Crippen molar-refractivity contribution in [3.05, 3.63) is 47.5 Å². The fraction of sp³-hybridized carbons (Fsp3) is 0.429. The highest BCUT2D eigenvalue weighted by atomic mass is 35.5. The van der Waals surface area contributed by atoms with Gasteiger partial charge in [-0.05, 0) is 12.5 Å². The minimum atomic E-state index is -0.755. The van der Waals surface area contributed by atoms with Gasteiger partial charge in [-0.3, -0.25) is 4.90 Å². The van der Waals surface area contributed by atoms with E-state index >= 15 is 0 Å². The van der Waals surface area contributed by atoms with E-state index in [1.54, 1.807) is 25.1 Å². The van der Waals surface area contributed by atoms with Crippen molar-refractivity contribution in [2.75, 3.05) is 26.2 Å². The zero-order valence-electron chi connectivity index (χ0n) is 11.0. The van der Waals surface area contributed by atoms with Gasteiger partial charge < -0.3 is 5.32 Å². The van der Waals surface area contributed by atoms with E-state index in [1.807, 2.05) is 0 Å². The van der Waals surface area contributed by atoms with Crippen LogP contribution in [0.1, 0.15) is 17.2 Å². The summed E-state index contributed by atoms with van der Waals surface area (Å²) in [5.74, 6) is -1.51. The molecule has 0 unspecified atom stereocenters. The van der Waals surface area contributed by atoms with Crippen LogP contribution in [0, 0.1) is 18.6 Å². The molecule has 1 N–H and O–H groups in total. The molecule has 1 aliphatic rings. The molecule has 1 aromatic rings. The highest BCUT2D eigenvalue weighted by molar-refractivity contribution is 5.85. The third kappa shape index (κ3) is 3.32. The van der Waals surface area contributed by atoms with Gasteiger partial charge in [0.05, 0.1) is 6.04 Å². The van der Waals surface area contributed by atoms with Crippen molar-refractivity contribution in [1.29, 1.82) is 0 Å². The highest BCUT2D eigenvalue weighted by Gasteiger charge is 2.23. The first kappa shape index (κ1) is 16.1. The fourth-order valence-electron chi connectivity index (χ4n) is 2.32. The van der Waals surface area contributed by atoms with Gasteiger partial charge in [0.25, 0.3) is 0 Å². The molecule has 0 saturated carbocycles. The molecule has 106 valence electrons. The molecule has 1 saturated heterocycles. The quantitative estimate of drug-likeness (QED) is 0.861. The fourth-order valence-corrected chi connectivity index (χ4v) is 2.32. The summed E-state index contributed by atoms with van der Waals surface area (Å²) in [5, 5.41) is 3.24. The van der Waals surface area contributed by atoms with Crippen molar-refractivity contribution in [3.63, 3.8) is 0 Å². The van der Waals surface area contributed by atoms with Gasteiger partial charge in [-0.2, -0.15) is 0 Å². The lowest BCUT2D eigenvalue weighted by Gasteiger charge is -2.33. The van der Waals surface area contributed by atoms with Crippen LogP contribution in [0.5, 0.6) is 0 Å². The largest absolute Gasteiger partial charge is 0.314 e. The lowest BCUT2D eigenvalue weighted by molar-refractivity contribution is 0.199. The monoisotopic (exact) mass is 288 g/mol. The van der Waals surface area contributed by atoms with Crippen molar-refractivity contribution < 1.29 is 8.78 Å². The third-order valence-electron chi connectivity index (χ3n) is 3.39. The Kier molecular flexibility index (Phi) is 5.91. The first-order chi connectivity index (χ1) is 8.65. The summed E-state index contributed by atoms with van der Waals surface area (Å²) in [7, 11) is 0. The van der Waals surface area contributed by atoms with Gasteiger partial charge >= 0.3 is 0 Å². The molecule has 2 rings (SSSR count). The number of hydrogen-bond acceptors (Lipinski definition) is 2. The summed E-state index contributed by atoms with van der Waals surface area (Å²) in [6.45, 7) is 8.67. The van der Waals surface area contributed by atoms with Crippen LogP contribution in [-0.4, -0.2) is 31.1 Å². The normalized spacial score (nSPS) is 17.6. The summed E-state index contributed by atoms with van der Waals surface area (Å²) in [6, 6.07) is 3.01. The lowest BCUT2D eigenvalue weighted by atomic mass is 10.0. The van der Waals surface area contributed by atoms with Crippen molar-refractivity contribution in [2.24, 2.45) is 0 Å². The second kappa shape index (κ2) is 6.98. The smallest absolute Gasteiger partial charge is 0.164 e. The zero-order valence-corrected chi connectivity index (χ0v) is 11.8. The number of nitrogens with zero attached hydrogens (tertiary/aromatic N) is 1. The van der Waals surface area contributed by atoms with E-state index in [0.717, 1.165) is 26.2 Å². The van der Waals surface area contributed by atoms with Crippen LogP contribution in [0.3, 0.4) is 0 Å². The molecule has 1 heterocycles. The molecule has 0 aliphatic carbocycles. The summed E-state index contributed by atoms with van der Waals surface area (Å²) in [6.07, 6.45) is 1.68. The van der Waals surface area contributed by atoms with Crippen molar-refractivity contribution in [1.82, 2.24) is 10.2 Å². The van der Waals surface area contributed by atoms with Crippen LogP contribution < -0.4 is 5.32 Å². The second-order valence-corrected chi connectivity index (χ2v) is 4.57. The second-order valence-electron chi connectivity index (χ2n) is 4.57. The molecule has 1 aliphatic heterocycles. The molecular formula is C14H19ClF2N2. The Morgan fingerprint density at radius 2 is 1.89 bits per heavy atom. The van der Waals surface area contributed by atoms with Crippen LogP contribution in [0.15, 0.2) is 24.8 Å². The van der Waals surface area contributed by atoms with Crippen LogP contribution in [0.2, 0.25) is 0 Å². The SMILES string of the molecule is C=C[C@@H](c1ccc(C)c(F)c1F)N1CCNCC1.Cl. The Morgan fingerprint density at radius 3 is 2.47 bits per heavy atom. The molecular weight excluding hydrogens is 270 g/mol. The zero-order chi connectivity index (χ0) is 13.1. The Balaban J connectivity index is 0.00000180. The summed E-state index contributed by atoms with van der Waals surface area (Å²) in [4.78, 5) is 2.11. The molecule has 1 fully saturated rings. The maximum absolute atomic E-state index is 14.0. The number of halogens is 3. The van der Waals surface area contributed by atoms with Gasteiger partial charge in [-0.15, -0.1) is 19.0 Å². The first-order valence-electron chi connectivity index (χ1n) is 6.17. The van der Waals surface area contributed by atoms with E-state index in [-0.39, 0.29) is 18.4 Å². The van der Waals surface area contributed by atoms with Gasteiger partial charge in [0.1, 0.15) is 0 Å². The minimum Gasteiger partial charge on any atom is -0.314 e. The summed E-state index contributed by atoms with van der Waals surface area (Å²) in [5.41, 5.74) is 0.703. The Bertz CT molecular complexity index is 445. The van der Waals surface area contributed by atoms with E-state index in [1.165, 1.54) is 0 Å². The van der Waals surface area contributed by atoms with Gasteiger partial charge in [0.15, 0.2) is 11.6 Å². The maximum Gasteiger partial charge on any atom is 0.164 e. The van der Waals surface area contributed by atoms with E-state index in [2.05, 4.69) is 16.8 Å². The molecule has 19 heavy (non-hydrogen) atoms. The molecule has 0 bridgehead atoms. The van der Waals surface area contributed by atoms with E-state index in [0.29, 0.717) is 11.1 Å². The molecule has 1 aromatic carbocycles. The average molecular weight is 289 g/mol. The van der Waals surface area contributed by atoms with Gasteiger partial charge in [-0.25, -0.2) is 8.78 Å². The number of hydrogen-bond donors (Lipinski definition) is 1. The summed E-state index contributed by atoms with van der Waals surface area (Å²) < 4.78 is 27.6. The Hall–Kier alpha value is -0.970. The maximum atomic E-state index is 14.0. The lowest BCUT2D eigenvalue weighted by Crippen LogP contribution is -2.44. The van der Waals surface area contributed by atoms with Crippen LogP contribution in [0.4, 0.5) is 8.78 Å². The number of benzene rings is 1. The van der Waals surface area contributed by atoms with Gasteiger partial charge in [0, 0.05) is 31.7 Å². The van der Waals surface area contributed by atoms with E-state index < -0.39 is 11.6 Å². The third-order valence-corrected chi connectivity index (χ3v) is 3.39. The Morgan fingerprint density at radius 1 is 1.26 bits per heavy atom. The van der Waals surface area contributed by atoms with Crippen LogP contribution in [-0.2, 0) is 0 Å². The van der Waals surface area contributed by atoms with Gasteiger partial charge in [-0.1, -0.05) is 18.2 Å². The van der Waals surface area contributed by atoms with E-state index in [4.69, 9.17) is 0 Å². The minimum absolute atomic E-state index is 0. The van der Waals surface area contributed by atoms with Crippen molar-refractivity contribution in [2.45, 2.75) is 13.0 Å².